The van der Waals surface area contributed by atoms with Crippen LogP contribution in [0, 0.1) is 0 Å². The molecule has 0 aliphatic heterocycles. The lowest BCUT2D eigenvalue weighted by atomic mass is 9.87. The van der Waals surface area contributed by atoms with E-state index in [1.165, 1.54) is 5.56 Å². The van der Waals surface area contributed by atoms with Crippen LogP contribution < -0.4 is 0 Å². The Labute approximate surface area is 313 Å². The van der Waals surface area contributed by atoms with Crippen LogP contribution in [0.2, 0.25) is 0 Å². The fourth-order valence-corrected chi connectivity index (χ4v) is 7.61. The van der Waals surface area contributed by atoms with Crippen molar-refractivity contribution >= 4 is 5.78 Å². The van der Waals surface area contributed by atoms with Crippen LogP contribution in [0.4, 0.5) is 0 Å². The Bertz CT molecular complexity index is 2610. The van der Waals surface area contributed by atoms with Gasteiger partial charge in [0, 0.05) is 40.7 Å². The molecule has 0 fully saturated rings. The van der Waals surface area contributed by atoms with Gasteiger partial charge >= 0.3 is 0 Å². The molecular weight excluding hydrogens is 669 g/mol. The van der Waals surface area contributed by atoms with Crippen molar-refractivity contribution in [3.05, 3.63) is 191 Å². The average Bonchev–Trinajstić information content (AvgIpc) is 3.82. The third kappa shape index (κ3) is 6.22. The highest BCUT2D eigenvalue weighted by atomic mass is 16.3. The van der Waals surface area contributed by atoms with E-state index in [4.69, 9.17) is 0 Å². The lowest BCUT2D eigenvalue weighted by Gasteiger charge is -2.21. The van der Waals surface area contributed by atoms with E-state index in [0.717, 1.165) is 72.8 Å². The van der Waals surface area contributed by atoms with E-state index in [-0.39, 0.29) is 5.78 Å². The SMILES string of the molecule is O=C1Cc2ccccc2-c2nnn(Cc3ccccc3)c2-c2ccccc21.OC1Cc2ccccc2-c2nnn(Cc3ccccc3)c2-c2ccccc21. The minimum Gasteiger partial charge on any atom is -0.388 e. The zero-order chi connectivity index (χ0) is 36.4. The summed E-state index contributed by atoms with van der Waals surface area (Å²) in [7, 11) is 0. The van der Waals surface area contributed by atoms with E-state index < -0.39 is 6.10 Å². The summed E-state index contributed by atoms with van der Waals surface area (Å²) in [6.45, 7) is 1.24. The minimum atomic E-state index is -0.560. The maximum Gasteiger partial charge on any atom is 0.167 e. The number of hydrogen-bond acceptors (Lipinski definition) is 6. The molecule has 1 N–H and O–H groups in total. The number of carbonyl (C=O) groups excluding carboxylic acids is 1. The Kier molecular flexibility index (Phi) is 8.78. The fraction of sp³-hybridized carbons (Fsp3) is 0.109. The first-order chi connectivity index (χ1) is 26.6. The van der Waals surface area contributed by atoms with Crippen molar-refractivity contribution in [1.82, 2.24) is 30.0 Å². The second-order valence-electron chi connectivity index (χ2n) is 13.6. The Balaban J connectivity index is 0.000000142. The number of fused-ring (bicyclic) bond motifs is 10. The van der Waals surface area contributed by atoms with Crippen molar-refractivity contribution in [3.8, 4) is 45.0 Å². The van der Waals surface area contributed by atoms with Crippen LogP contribution in [0.25, 0.3) is 45.0 Å². The summed E-state index contributed by atoms with van der Waals surface area (Å²) in [6.07, 6.45) is 0.381. The van der Waals surface area contributed by atoms with Gasteiger partial charge in [0.2, 0.25) is 0 Å². The molecule has 8 heteroatoms. The topological polar surface area (TPSA) is 98.7 Å². The number of Topliss-reactive ketones (excluding diaryl/α,β-unsaturated/α-hetero) is 1. The molecule has 262 valence electrons. The lowest BCUT2D eigenvalue weighted by Crippen LogP contribution is -2.12. The zero-order valence-corrected chi connectivity index (χ0v) is 29.5. The molecule has 2 aromatic heterocycles. The molecular formula is C46H36N6O2. The van der Waals surface area contributed by atoms with Crippen molar-refractivity contribution < 1.29 is 9.90 Å². The van der Waals surface area contributed by atoms with Crippen LogP contribution in [-0.4, -0.2) is 40.9 Å². The van der Waals surface area contributed by atoms with Crippen LogP contribution in [0.1, 0.15) is 44.3 Å². The summed E-state index contributed by atoms with van der Waals surface area (Å²) in [5.41, 5.74) is 13.5. The summed E-state index contributed by atoms with van der Waals surface area (Å²) in [5, 5.41) is 28.9. The summed E-state index contributed by atoms with van der Waals surface area (Å²) < 4.78 is 3.84. The maximum atomic E-state index is 13.0. The molecule has 2 aliphatic rings. The molecule has 0 saturated carbocycles. The quantitative estimate of drug-likeness (QED) is 0.197. The van der Waals surface area contributed by atoms with E-state index in [9.17, 15) is 9.90 Å². The van der Waals surface area contributed by atoms with Gasteiger partial charge in [-0.25, -0.2) is 9.36 Å². The van der Waals surface area contributed by atoms with Crippen LogP contribution in [-0.2, 0) is 25.9 Å². The third-order valence-corrected chi connectivity index (χ3v) is 10.2. The van der Waals surface area contributed by atoms with Crippen molar-refractivity contribution in [2.75, 3.05) is 0 Å². The maximum absolute atomic E-state index is 13.0. The van der Waals surface area contributed by atoms with Gasteiger partial charge in [0.1, 0.15) is 11.4 Å². The highest BCUT2D eigenvalue weighted by Crippen LogP contribution is 2.41. The average molecular weight is 705 g/mol. The Morgan fingerprint density at radius 1 is 0.500 bits per heavy atom. The number of hydrogen-bond donors (Lipinski definition) is 1. The monoisotopic (exact) mass is 704 g/mol. The second-order valence-corrected chi connectivity index (χ2v) is 13.6. The molecule has 2 aliphatic carbocycles. The molecule has 8 aromatic rings. The summed E-state index contributed by atoms with van der Waals surface area (Å²) in [6, 6.07) is 52.3. The molecule has 54 heavy (non-hydrogen) atoms. The van der Waals surface area contributed by atoms with Gasteiger partial charge in [0.05, 0.1) is 30.6 Å². The molecule has 6 aromatic carbocycles. The highest BCUT2D eigenvalue weighted by Gasteiger charge is 2.28. The first-order valence-corrected chi connectivity index (χ1v) is 18.1. The second kappa shape index (κ2) is 14.3. The third-order valence-electron chi connectivity index (χ3n) is 10.2. The predicted molar refractivity (Wildman–Crippen MR) is 210 cm³/mol. The molecule has 0 radical (unpaired) electrons. The number of ketones is 1. The van der Waals surface area contributed by atoms with Gasteiger partial charge in [-0.1, -0.05) is 168 Å². The molecule has 0 amide bonds. The first kappa shape index (κ1) is 33.1. The molecule has 1 atom stereocenters. The van der Waals surface area contributed by atoms with Crippen LogP contribution in [0.15, 0.2) is 158 Å². The van der Waals surface area contributed by atoms with E-state index >= 15 is 0 Å². The molecule has 0 bridgehead atoms. The van der Waals surface area contributed by atoms with Crippen molar-refractivity contribution in [2.45, 2.75) is 32.0 Å². The zero-order valence-electron chi connectivity index (χ0n) is 29.5. The van der Waals surface area contributed by atoms with Gasteiger partial charge in [-0.15, -0.1) is 10.2 Å². The van der Waals surface area contributed by atoms with Gasteiger partial charge < -0.3 is 5.11 Å². The normalized spacial score (nSPS) is 13.9. The van der Waals surface area contributed by atoms with E-state index in [2.05, 4.69) is 63.1 Å². The molecule has 1 unspecified atom stereocenters. The van der Waals surface area contributed by atoms with E-state index in [1.54, 1.807) is 0 Å². The van der Waals surface area contributed by atoms with Crippen molar-refractivity contribution in [1.29, 1.82) is 0 Å². The molecule has 0 saturated heterocycles. The minimum absolute atomic E-state index is 0.121. The predicted octanol–water partition coefficient (Wildman–Crippen LogP) is 8.65. The summed E-state index contributed by atoms with van der Waals surface area (Å²) in [4.78, 5) is 13.0. The van der Waals surface area contributed by atoms with Gasteiger partial charge in [0.25, 0.3) is 0 Å². The smallest absolute Gasteiger partial charge is 0.167 e. The molecule has 2 heterocycles. The Morgan fingerprint density at radius 3 is 1.56 bits per heavy atom. The highest BCUT2D eigenvalue weighted by molar-refractivity contribution is 6.06. The fourth-order valence-electron chi connectivity index (χ4n) is 7.61. The standard InChI is InChI=1S/C23H19N3O.C23H17N3O/c2*27-21-14-17-10-4-5-11-18(17)22-23(20-13-7-6-12-19(20)21)26(25-24-22)15-16-8-2-1-3-9-16/h1-13,21,27H,14-15H2;1-13H,14-15H2. The van der Waals surface area contributed by atoms with Gasteiger partial charge in [0.15, 0.2) is 5.78 Å². The van der Waals surface area contributed by atoms with Gasteiger partial charge in [-0.3, -0.25) is 4.79 Å². The number of aliphatic hydroxyl groups is 1. The number of aromatic nitrogens is 6. The molecule has 0 spiro atoms. The van der Waals surface area contributed by atoms with Crippen LogP contribution in [0.5, 0.6) is 0 Å². The van der Waals surface area contributed by atoms with Crippen molar-refractivity contribution in [2.24, 2.45) is 0 Å². The van der Waals surface area contributed by atoms with Gasteiger partial charge in [-0.2, -0.15) is 0 Å². The number of benzene rings is 6. The van der Waals surface area contributed by atoms with Gasteiger partial charge in [-0.05, 0) is 27.8 Å². The number of nitrogens with zero attached hydrogens (tertiary/aromatic N) is 6. The summed E-state index contributed by atoms with van der Waals surface area (Å²) >= 11 is 0. The first-order valence-electron chi connectivity index (χ1n) is 18.1. The Hall–Kier alpha value is -6.77. The largest absolute Gasteiger partial charge is 0.388 e. The van der Waals surface area contributed by atoms with Crippen LogP contribution >= 0.6 is 0 Å². The van der Waals surface area contributed by atoms with Crippen molar-refractivity contribution in [3.63, 3.8) is 0 Å². The Morgan fingerprint density at radius 2 is 0.944 bits per heavy atom. The number of rotatable bonds is 4. The van der Waals surface area contributed by atoms with Crippen LogP contribution in [0.3, 0.4) is 0 Å². The molecule has 8 nitrogen and oxygen atoms in total. The van der Waals surface area contributed by atoms with E-state index in [1.807, 2.05) is 125 Å². The molecule has 10 rings (SSSR count). The number of aliphatic hydroxyl groups excluding tert-OH is 1. The van der Waals surface area contributed by atoms with E-state index in [0.29, 0.717) is 25.9 Å². The lowest BCUT2D eigenvalue weighted by molar-refractivity contribution is 0.0993. The number of carbonyl (C=O) groups is 1. The summed E-state index contributed by atoms with van der Waals surface area (Å²) in [5.74, 6) is 0.121.